The van der Waals surface area contributed by atoms with E-state index in [0.717, 1.165) is 47.0 Å². The van der Waals surface area contributed by atoms with Gasteiger partial charge in [-0.25, -0.2) is 5.48 Å². The zero-order valence-corrected chi connectivity index (χ0v) is 19.7. The highest BCUT2D eigenvalue weighted by molar-refractivity contribution is 6.04. The van der Waals surface area contributed by atoms with E-state index in [1.165, 1.54) is 0 Å². The van der Waals surface area contributed by atoms with Gasteiger partial charge < -0.3 is 4.90 Å². The molecule has 0 radical (unpaired) electrons. The molecule has 0 aliphatic heterocycles. The van der Waals surface area contributed by atoms with Gasteiger partial charge >= 0.3 is 0 Å². The SMILES string of the molecule is Cn1ncc2ccc(-c3ccc(N(CCCCCCC(=O)NO)C(=O)c4ccccn4)cc3)cc21. The maximum atomic E-state index is 13.3. The number of rotatable bonds is 10. The van der Waals surface area contributed by atoms with Crippen molar-refractivity contribution in [2.45, 2.75) is 32.1 Å². The molecule has 2 aromatic carbocycles. The van der Waals surface area contributed by atoms with Crippen LogP contribution in [-0.2, 0) is 11.8 Å². The molecular weight excluding hydrogens is 442 g/mol. The number of nitrogens with zero attached hydrogens (tertiary/aromatic N) is 4. The molecule has 0 spiro atoms. The molecule has 2 heterocycles. The normalized spacial score (nSPS) is 10.9. The van der Waals surface area contributed by atoms with Crippen LogP contribution >= 0.6 is 0 Å². The average molecular weight is 472 g/mol. The van der Waals surface area contributed by atoms with Crippen molar-refractivity contribution in [1.82, 2.24) is 20.2 Å². The second-order valence-corrected chi connectivity index (χ2v) is 8.46. The Labute approximate surface area is 204 Å². The molecule has 0 bridgehead atoms. The van der Waals surface area contributed by atoms with Crippen molar-refractivity contribution >= 4 is 28.4 Å². The lowest BCUT2D eigenvalue weighted by Crippen LogP contribution is -2.32. The summed E-state index contributed by atoms with van der Waals surface area (Å²) in [7, 11) is 1.93. The monoisotopic (exact) mass is 471 g/mol. The number of nitrogens with one attached hydrogen (secondary N) is 1. The fraction of sp³-hybridized carbons (Fsp3) is 0.259. The summed E-state index contributed by atoms with van der Waals surface area (Å²) in [5, 5.41) is 14.0. The van der Waals surface area contributed by atoms with E-state index < -0.39 is 0 Å². The fourth-order valence-corrected chi connectivity index (χ4v) is 4.10. The quantitative estimate of drug-likeness (QED) is 0.198. The van der Waals surface area contributed by atoms with E-state index in [4.69, 9.17) is 5.21 Å². The molecule has 0 saturated carbocycles. The van der Waals surface area contributed by atoms with Crippen LogP contribution < -0.4 is 10.4 Å². The summed E-state index contributed by atoms with van der Waals surface area (Å²) in [4.78, 5) is 30.4. The van der Waals surface area contributed by atoms with Crippen molar-refractivity contribution in [3.63, 3.8) is 0 Å². The van der Waals surface area contributed by atoms with Gasteiger partial charge in [0.15, 0.2) is 0 Å². The maximum absolute atomic E-state index is 13.3. The summed E-state index contributed by atoms with van der Waals surface area (Å²) in [5.41, 5.74) is 6.07. The van der Waals surface area contributed by atoms with Gasteiger partial charge in [-0.1, -0.05) is 43.2 Å². The summed E-state index contributed by atoms with van der Waals surface area (Å²) in [6, 6.07) is 19.6. The minimum atomic E-state index is -0.375. The lowest BCUT2D eigenvalue weighted by Gasteiger charge is -2.23. The minimum absolute atomic E-state index is 0.144. The van der Waals surface area contributed by atoms with Gasteiger partial charge in [0.05, 0.1) is 11.7 Å². The number of hydrogen-bond donors (Lipinski definition) is 2. The molecule has 0 unspecified atom stereocenters. The lowest BCUT2D eigenvalue weighted by atomic mass is 10.0. The number of carbonyl (C=O) groups is 2. The number of pyridine rings is 1. The molecule has 8 heteroatoms. The number of aryl methyl sites for hydroxylation is 1. The van der Waals surface area contributed by atoms with Crippen molar-refractivity contribution in [3.8, 4) is 11.1 Å². The second kappa shape index (κ2) is 11.4. The molecule has 0 fully saturated rings. The lowest BCUT2D eigenvalue weighted by molar-refractivity contribution is -0.129. The van der Waals surface area contributed by atoms with Crippen LogP contribution in [0.15, 0.2) is 73.1 Å². The molecular formula is C27H29N5O3. The summed E-state index contributed by atoms with van der Waals surface area (Å²) in [6.07, 6.45) is 6.95. The highest BCUT2D eigenvalue weighted by atomic mass is 16.5. The van der Waals surface area contributed by atoms with Gasteiger partial charge in [-0.2, -0.15) is 5.10 Å². The number of hydrogen-bond acceptors (Lipinski definition) is 5. The van der Waals surface area contributed by atoms with Gasteiger partial charge in [0.25, 0.3) is 5.91 Å². The third-order valence-electron chi connectivity index (χ3n) is 6.05. The van der Waals surface area contributed by atoms with Crippen LogP contribution in [0.25, 0.3) is 22.0 Å². The first kappa shape index (κ1) is 24.1. The Hall–Kier alpha value is -4.04. The Morgan fingerprint density at radius 2 is 1.74 bits per heavy atom. The van der Waals surface area contributed by atoms with Crippen LogP contribution in [0.5, 0.6) is 0 Å². The predicted molar refractivity (Wildman–Crippen MR) is 135 cm³/mol. The van der Waals surface area contributed by atoms with E-state index >= 15 is 0 Å². The Morgan fingerprint density at radius 3 is 2.49 bits per heavy atom. The van der Waals surface area contributed by atoms with Gasteiger partial charge in [-0.3, -0.25) is 24.5 Å². The topological polar surface area (TPSA) is 100 Å². The number of aromatic nitrogens is 3. The van der Waals surface area contributed by atoms with Crippen LogP contribution in [0.4, 0.5) is 5.69 Å². The van der Waals surface area contributed by atoms with Crippen molar-refractivity contribution in [1.29, 1.82) is 0 Å². The van der Waals surface area contributed by atoms with E-state index in [1.54, 1.807) is 28.7 Å². The molecule has 0 atom stereocenters. The third kappa shape index (κ3) is 5.91. The number of amides is 2. The Morgan fingerprint density at radius 1 is 0.971 bits per heavy atom. The predicted octanol–water partition coefficient (Wildman–Crippen LogP) is 4.74. The van der Waals surface area contributed by atoms with E-state index in [1.807, 2.05) is 48.3 Å². The molecule has 8 nitrogen and oxygen atoms in total. The van der Waals surface area contributed by atoms with Gasteiger partial charge in [0, 0.05) is 37.3 Å². The van der Waals surface area contributed by atoms with Crippen LogP contribution in [-0.4, -0.2) is 38.3 Å². The Kier molecular flexibility index (Phi) is 7.84. The van der Waals surface area contributed by atoms with Gasteiger partial charge in [0.2, 0.25) is 5.91 Å². The Balaban J connectivity index is 1.49. The van der Waals surface area contributed by atoms with Crippen molar-refractivity contribution < 1.29 is 14.8 Å². The standard InChI is InChI=1S/C27H29N5O3/c1-31-25-18-21(10-11-22(25)19-29-31)20-12-14-23(15-13-20)32(27(34)24-8-5-6-16-28-24)17-7-3-2-4-9-26(33)30-35/h5-6,8,10-16,18-19,35H,2-4,7,9,17H2,1H3,(H,30,33). The minimum Gasteiger partial charge on any atom is -0.307 e. The molecule has 2 N–H and O–H groups in total. The third-order valence-corrected chi connectivity index (χ3v) is 6.05. The molecule has 2 aromatic heterocycles. The summed E-state index contributed by atoms with van der Waals surface area (Å²) < 4.78 is 1.86. The number of hydroxylamine groups is 1. The maximum Gasteiger partial charge on any atom is 0.276 e. The molecule has 4 rings (SSSR count). The summed E-state index contributed by atoms with van der Waals surface area (Å²) in [6.45, 7) is 0.544. The van der Waals surface area contributed by atoms with Crippen molar-refractivity contribution in [2.24, 2.45) is 7.05 Å². The first-order valence-electron chi connectivity index (χ1n) is 11.7. The molecule has 0 aliphatic rings. The molecule has 180 valence electrons. The van der Waals surface area contributed by atoms with E-state index in [2.05, 4.69) is 28.3 Å². The average Bonchev–Trinajstić information content (AvgIpc) is 3.28. The molecule has 0 saturated heterocycles. The summed E-state index contributed by atoms with van der Waals surface area (Å²) in [5.74, 6) is -0.520. The van der Waals surface area contributed by atoms with E-state index in [0.29, 0.717) is 25.1 Å². The van der Waals surface area contributed by atoms with Crippen LogP contribution in [0.2, 0.25) is 0 Å². The number of fused-ring (bicyclic) bond motifs is 1. The summed E-state index contributed by atoms with van der Waals surface area (Å²) >= 11 is 0. The van der Waals surface area contributed by atoms with Crippen LogP contribution in [0, 0.1) is 0 Å². The molecule has 35 heavy (non-hydrogen) atoms. The van der Waals surface area contributed by atoms with E-state index in [9.17, 15) is 9.59 Å². The van der Waals surface area contributed by atoms with Gasteiger partial charge in [0.1, 0.15) is 5.69 Å². The first-order chi connectivity index (χ1) is 17.1. The van der Waals surface area contributed by atoms with E-state index in [-0.39, 0.29) is 11.8 Å². The first-order valence-corrected chi connectivity index (χ1v) is 11.7. The number of anilines is 1. The second-order valence-electron chi connectivity index (χ2n) is 8.46. The van der Waals surface area contributed by atoms with Crippen LogP contribution in [0.1, 0.15) is 42.6 Å². The Bertz CT molecular complexity index is 1290. The highest BCUT2D eigenvalue weighted by Crippen LogP contribution is 2.27. The largest absolute Gasteiger partial charge is 0.307 e. The van der Waals surface area contributed by atoms with Gasteiger partial charge in [-0.15, -0.1) is 0 Å². The fourth-order valence-electron chi connectivity index (χ4n) is 4.10. The van der Waals surface area contributed by atoms with Gasteiger partial charge in [-0.05, 0) is 54.3 Å². The zero-order valence-electron chi connectivity index (χ0n) is 19.7. The number of unbranched alkanes of at least 4 members (excludes halogenated alkanes) is 3. The zero-order chi connectivity index (χ0) is 24.6. The highest BCUT2D eigenvalue weighted by Gasteiger charge is 2.18. The van der Waals surface area contributed by atoms with Crippen LogP contribution in [0.3, 0.4) is 0 Å². The number of carbonyl (C=O) groups excluding carboxylic acids is 2. The van der Waals surface area contributed by atoms with Crippen molar-refractivity contribution in [3.05, 3.63) is 78.8 Å². The molecule has 0 aliphatic carbocycles. The number of benzene rings is 2. The molecule has 2 amide bonds. The molecule has 4 aromatic rings. The van der Waals surface area contributed by atoms with Crippen molar-refractivity contribution in [2.75, 3.05) is 11.4 Å². The smallest absolute Gasteiger partial charge is 0.276 e.